The van der Waals surface area contributed by atoms with Gasteiger partial charge in [-0.3, -0.25) is 9.78 Å². The zero-order chi connectivity index (χ0) is 14.9. The summed E-state index contributed by atoms with van der Waals surface area (Å²) in [5, 5.41) is 0. The van der Waals surface area contributed by atoms with Crippen LogP contribution in [0.1, 0.15) is 16.1 Å². The average molecular weight is 395 g/mol. The first kappa shape index (κ1) is 14.9. The molecule has 2 nitrogen and oxygen atoms in total. The van der Waals surface area contributed by atoms with Crippen molar-refractivity contribution in [2.75, 3.05) is 0 Å². The number of hydrogen-bond donors (Lipinski definition) is 0. The molecule has 0 amide bonds. The summed E-state index contributed by atoms with van der Waals surface area (Å²) < 4.78 is 54.7. The Kier molecular flexibility index (Phi) is 4.07. The number of rotatable bonds is 3. The highest BCUT2D eigenvalue weighted by Gasteiger charge is 2.43. The maximum atomic E-state index is 14.0. The van der Waals surface area contributed by atoms with Crippen molar-refractivity contribution in [3.63, 3.8) is 0 Å². The standard InChI is InChI=1S/C13H6F4INO/c14-7-1-3-9(10(15)5-7)12(20)13(16,17)11-4-2-8(18)6-19-11/h1-6H. The van der Waals surface area contributed by atoms with E-state index in [0.717, 1.165) is 18.3 Å². The van der Waals surface area contributed by atoms with Crippen LogP contribution in [0.2, 0.25) is 0 Å². The number of carbonyl (C=O) groups is 1. The minimum absolute atomic E-state index is 0.380. The number of carbonyl (C=O) groups excluding carboxylic acids is 1. The molecule has 0 atom stereocenters. The number of pyridine rings is 1. The lowest BCUT2D eigenvalue weighted by atomic mass is 10.0. The summed E-state index contributed by atoms with van der Waals surface area (Å²) >= 11 is 1.87. The Balaban J connectivity index is 2.42. The molecule has 1 aromatic heterocycles. The van der Waals surface area contributed by atoms with Crippen molar-refractivity contribution in [2.24, 2.45) is 0 Å². The Morgan fingerprint density at radius 1 is 1.15 bits per heavy atom. The molecule has 7 heteroatoms. The molecule has 0 aliphatic rings. The molecule has 0 N–H and O–H groups in total. The van der Waals surface area contributed by atoms with Crippen molar-refractivity contribution in [1.82, 2.24) is 4.98 Å². The monoisotopic (exact) mass is 395 g/mol. The highest BCUT2D eigenvalue weighted by Crippen LogP contribution is 2.31. The predicted molar refractivity (Wildman–Crippen MR) is 71.5 cm³/mol. The Labute approximate surface area is 125 Å². The molecular weight excluding hydrogens is 389 g/mol. The van der Waals surface area contributed by atoms with Gasteiger partial charge in [-0.15, -0.1) is 0 Å². The second kappa shape index (κ2) is 5.47. The second-order valence-electron chi connectivity index (χ2n) is 3.89. The first-order valence-electron chi connectivity index (χ1n) is 5.32. The molecule has 0 saturated carbocycles. The van der Waals surface area contributed by atoms with Gasteiger partial charge in [-0.1, -0.05) is 0 Å². The summed E-state index contributed by atoms with van der Waals surface area (Å²) in [5.41, 5.74) is -1.66. The van der Waals surface area contributed by atoms with Crippen molar-refractivity contribution < 1.29 is 22.4 Å². The molecule has 0 fully saturated rings. The van der Waals surface area contributed by atoms with E-state index >= 15 is 0 Å². The lowest BCUT2D eigenvalue weighted by Gasteiger charge is -2.14. The molecule has 0 radical (unpaired) electrons. The van der Waals surface area contributed by atoms with Crippen LogP contribution in [0.3, 0.4) is 0 Å². The van der Waals surface area contributed by atoms with E-state index in [-0.39, 0.29) is 0 Å². The highest BCUT2D eigenvalue weighted by molar-refractivity contribution is 14.1. The maximum absolute atomic E-state index is 14.0. The first-order valence-corrected chi connectivity index (χ1v) is 6.40. The van der Waals surface area contributed by atoms with Gasteiger partial charge in [-0.2, -0.15) is 8.78 Å². The van der Waals surface area contributed by atoms with E-state index in [1.54, 1.807) is 0 Å². The Morgan fingerprint density at radius 3 is 2.40 bits per heavy atom. The normalized spacial score (nSPS) is 11.4. The van der Waals surface area contributed by atoms with Crippen LogP contribution in [-0.2, 0) is 5.92 Å². The predicted octanol–water partition coefficient (Wildman–Crippen LogP) is 3.94. The summed E-state index contributed by atoms with van der Waals surface area (Å²) in [4.78, 5) is 15.2. The number of benzene rings is 1. The number of alkyl halides is 2. The molecule has 20 heavy (non-hydrogen) atoms. The van der Waals surface area contributed by atoms with E-state index < -0.39 is 34.6 Å². The minimum atomic E-state index is -3.98. The molecule has 2 rings (SSSR count). The van der Waals surface area contributed by atoms with E-state index in [1.807, 2.05) is 22.6 Å². The second-order valence-corrected chi connectivity index (χ2v) is 5.13. The van der Waals surface area contributed by atoms with Gasteiger partial charge >= 0.3 is 5.92 Å². The van der Waals surface area contributed by atoms with Crippen LogP contribution in [0.25, 0.3) is 0 Å². The number of hydrogen-bond acceptors (Lipinski definition) is 2. The van der Waals surface area contributed by atoms with Gasteiger partial charge in [-0.05, 0) is 46.9 Å². The smallest absolute Gasteiger partial charge is 0.287 e. The fourth-order valence-corrected chi connectivity index (χ4v) is 1.84. The van der Waals surface area contributed by atoms with Crippen LogP contribution >= 0.6 is 22.6 Å². The van der Waals surface area contributed by atoms with E-state index in [9.17, 15) is 22.4 Å². The van der Waals surface area contributed by atoms with E-state index in [4.69, 9.17) is 0 Å². The van der Waals surface area contributed by atoms with Crippen molar-refractivity contribution in [2.45, 2.75) is 5.92 Å². The molecule has 0 unspecified atom stereocenters. The van der Waals surface area contributed by atoms with Gasteiger partial charge in [-0.25, -0.2) is 8.78 Å². The SMILES string of the molecule is O=C(c1ccc(F)cc1F)C(F)(F)c1ccc(I)cn1. The average Bonchev–Trinajstić information content (AvgIpc) is 2.38. The van der Waals surface area contributed by atoms with Crippen LogP contribution in [0.5, 0.6) is 0 Å². The largest absolute Gasteiger partial charge is 0.351 e. The fraction of sp³-hybridized carbons (Fsp3) is 0.0769. The van der Waals surface area contributed by atoms with E-state index in [1.165, 1.54) is 6.07 Å². The van der Waals surface area contributed by atoms with Crippen LogP contribution in [-0.4, -0.2) is 10.8 Å². The van der Waals surface area contributed by atoms with Gasteiger partial charge in [0.2, 0.25) is 5.78 Å². The molecule has 0 bridgehead atoms. The zero-order valence-corrected chi connectivity index (χ0v) is 11.9. The van der Waals surface area contributed by atoms with Crippen molar-refractivity contribution >= 4 is 28.4 Å². The summed E-state index contributed by atoms with van der Waals surface area (Å²) in [7, 11) is 0. The molecule has 1 heterocycles. The van der Waals surface area contributed by atoms with Gasteiger partial charge in [0.15, 0.2) is 0 Å². The number of ketones is 1. The molecule has 0 saturated heterocycles. The highest BCUT2D eigenvalue weighted by atomic mass is 127. The van der Waals surface area contributed by atoms with Crippen LogP contribution in [0, 0.1) is 15.2 Å². The van der Waals surface area contributed by atoms with E-state index in [0.29, 0.717) is 15.7 Å². The van der Waals surface area contributed by atoms with Gasteiger partial charge in [0.25, 0.3) is 0 Å². The van der Waals surface area contributed by atoms with Crippen molar-refractivity contribution in [3.8, 4) is 0 Å². The number of Topliss-reactive ketones (excluding diaryl/α,β-unsaturated/α-hetero) is 1. The van der Waals surface area contributed by atoms with Crippen molar-refractivity contribution in [3.05, 3.63) is 63.0 Å². The molecule has 0 spiro atoms. The zero-order valence-electron chi connectivity index (χ0n) is 9.71. The molecule has 0 aliphatic heterocycles. The Hall–Kier alpha value is -1.51. The summed E-state index contributed by atoms with van der Waals surface area (Å²) in [6.07, 6.45) is 1.16. The number of nitrogens with zero attached hydrogens (tertiary/aromatic N) is 1. The van der Waals surface area contributed by atoms with Crippen LogP contribution in [0.4, 0.5) is 17.6 Å². The van der Waals surface area contributed by atoms with Gasteiger partial charge < -0.3 is 0 Å². The van der Waals surface area contributed by atoms with Gasteiger partial charge in [0.1, 0.15) is 17.3 Å². The third-order valence-electron chi connectivity index (χ3n) is 2.51. The first-order chi connectivity index (χ1) is 9.32. The van der Waals surface area contributed by atoms with Crippen molar-refractivity contribution in [1.29, 1.82) is 0 Å². The maximum Gasteiger partial charge on any atom is 0.351 e. The quantitative estimate of drug-likeness (QED) is 0.448. The molecule has 104 valence electrons. The summed E-state index contributed by atoms with van der Waals surface area (Å²) in [6, 6.07) is 4.15. The third-order valence-corrected chi connectivity index (χ3v) is 3.15. The van der Waals surface area contributed by atoms with Crippen LogP contribution in [0.15, 0.2) is 36.5 Å². The summed E-state index contributed by atoms with van der Waals surface area (Å²) in [5.74, 6) is -8.03. The van der Waals surface area contributed by atoms with Gasteiger partial charge in [0, 0.05) is 15.8 Å². The topological polar surface area (TPSA) is 30.0 Å². The fourth-order valence-electron chi connectivity index (χ4n) is 1.52. The molecule has 0 aliphatic carbocycles. The van der Waals surface area contributed by atoms with E-state index in [2.05, 4.69) is 4.98 Å². The Bertz CT molecular complexity index is 658. The number of aromatic nitrogens is 1. The number of halogens is 5. The lowest BCUT2D eigenvalue weighted by molar-refractivity contribution is 0.00424. The van der Waals surface area contributed by atoms with Crippen LogP contribution < -0.4 is 0 Å². The molecular formula is C13H6F4INO. The third kappa shape index (κ3) is 2.82. The Morgan fingerprint density at radius 2 is 1.85 bits per heavy atom. The molecule has 2 aromatic rings. The minimum Gasteiger partial charge on any atom is -0.287 e. The lowest BCUT2D eigenvalue weighted by Crippen LogP contribution is -2.28. The molecule has 1 aromatic carbocycles. The van der Waals surface area contributed by atoms with Gasteiger partial charge in [0.05, 0.1) is 5.56 Å². The summed E-state index contributed by atoms with van der Waals surface area (Å²) in [6.45, 7) is 0.